The molecule has 0 saturated heterocycles. The highest BCUT2D eigenvalue weighted by atomic mass is 19.1. The second-order valence-corrected chi connectivity index (χ2v) is 4.99. The number of hydrogen-bond donors (Lipinski definition) is 2. The molecule has 3 nitrogen and oxygen atoms in total. The normalized spacial score (nSPS) is 12.0. The highest BCUT2D eigenvalue weighted by Crippen LogP contribution is 2.09. The van der Waals surface area contributed by atoms with Gasteiger partial charge < -0.3 is 10.4 Å². The standard InChI is InChI=1S/C17H18FNO2/c18-15-8-6-13(7-9-15)10-16(11-17(20)21)19-12-14-4-2-1-3-5-14/h1-9,16,19H,10-12H2,(H,20,21)/t16-/m1/s1. The molecule has 2 aromatic rings. The van der Waals surface area contributed by atoms with E-state index in [1.807, 2.05) is 30.3 Å². The van der Waals surface area contributed by atoms with Gasteiger partial charge in [-0.2, -0.15) is 0 Å². The molecule has 2 aromatic carbocycles. The Morgan fingerprint density at radius 3 is 2.33 bits per heavy atom. The summed E-state index contributed by atoms with van der Waals surface area (Å²) in [4.78, 5) is 11.0. The maximum absolute atomic E-state index is 12.9. The first kappa shape index (κ1) is 15.2. The second kappa shape index (κ2) is 7.55. The predicted octanol–water partition coefficient (Wildman–Crippen LogP) is 3.00. The third kappa shape index (κ3) is 5.36. The van der Waals surface area contributed by atoms with E-state index >= 15 is 0 Å². The summed E-state index contributed by atoms with van der Waals surface area (Å²) >= 11 is 0. The maximum atomic E-state index is 12.9. The fourth-order valence-corrected chi connectivity index (χ4v) is 2.19. The van der Waals surface area contributed by atoms with Gasteiger partial charge in [-0.25, -0.2) is 4.39 Å². The van der Waals surface area contributed by atoms with Crippen LogP contribution in [0.4, 0.5) is 4.39 Å². The molecular weight excluding hydrogens is 269 g/mol. The van der Waals surface area contributed by atoms with Crippen molar-refractivity contribution in [2.45, 2.75) is 25.4 Å². The Bertz CT molecular complexity index is 569. The van der Waals surface area contributed by atoms with Gasteiger partial charge in [-0.15, -0.1) is 0 Å². The van der Waals surface area contributed by atoms with Gasteiger partial charge in [0.2, 0.25) is 0 Å². The van der Waals surface area contributed by atoms with E-state index < -0.39 is 5.97 Å². The SMILES string of the molecule is O=C(O)C[C@@H](Cc1ccc(F)cc1)NCc1ccccc1. The second-order valence-electron chi connectivity index (χ2n) is 4.99. The fourth-order valence-electron chi connectivity index (χ4n) is 2.19. The Kier molecular flexibility index (Phi) is 5.46. The van der Waals surface area contributed by atoms with E-state index in [1.54, 1.807) is 12.1 Å². The average molecular weight is 287 g/mol. The zero-order valence-corrected chi connectivity index (χ0v) is 11.6. The first-order chi connectivity index (χ1) is 10.1. The van der Waals surface area contributed by atoms with Crippen LogP contribution in [0.25, 0.3) is 0 Å². The summed E-state index contributed by atoms with van der Waals surface area (Å²) < 4.78 is 12.9. The highest BCUT2D eigenvalue weighted by Gasteiger charge is 2.13. The molecule has 0 saturated carbocycles. The Balaban J connectivity index is 1.97. The van der Waals surface area contributed by atoms with Crippen molar-refractivity contribution in [3.8, 4) is 0 Å². The minimum absolute atomic E-state index is 0.0320. The van der Waals surface area contributed by atoms with Crippen LogP contribution >= 0.6 is 0 Å². The number of carbonyl (C=O) groups is 1. The summed E-state index contributed by atoms with van der Waals surface area (Å²) in [6.45, 7) is 0.611. The van der Waals surface area contributed by atoms with Crippen LogP contribution in [0.5, 0.6) is 0 Å². The zero-order valence-electron chi connectivity index (χ0n) is 11.6. The van der Waals surface area contributed by atoms with Crippen molar-refractivity contribution < 1.29 is 14.3 Å². The molecule has 0 fully saturated rings. The summed E-state index contributed by atoms with van der Waals surface area (Å²) in [5.74, 6) is -1.13. The molecule has 1 atom stereocenters. The van der Waals surface area contributed by atoms with Crippen LogP contribution in [-0.4, -0.2) is 17.1 Å². The Morgan fingerprint density at radius 2 is 1.71 bits per heavy atom. The third-order valence-electron chi connectivity index (χ3n) is 3.25. The molecule has 0 unspecified atom stereocenters. The Labute approximate surface area is 123 Å². The van der Waals surface area contributed by atoms with E-state index in [0.29, 0.717) is 13.0 Å². The van der Waals surface area contributed by atoms with Crippen molar-refractivity contribution in [3.63, 3.8) is 0 Å². The number of rotatable bonds is 7. The smallest absolute Gasteiger partial charge is 0.304 e. The largest absolute Gasteiger partial charge is 0.481 e. The van der Waals surface area contributed by atoms with Gasteiger partial charge in [0.1, 0.15) is 5.82 Å². The lowest BCUT2D eigenvalue weighted by Crippen LogP contribution is -2.33. The van der Waals surface area contributed by atoms with E-state index in [0.717, 1.165) is 11.1 Å². The lowest BCUT2D eigenvalue weighted by molar-refractivity contribution is -0.137. The minimum atomic E-state index is -0.845. The monoisotopic (exact) mass is 287 g/mol. The first-order valence-electron chi connectivity index (χ1n) is 6.87. The average Bonchev–Trinajstić information content (AvgIpc) is 2.48. The number of carboxylic acid groups (broad SMARTS) is 1. The minimum Gasteiger partial charge on any atom is -0.481 e. The van der Waals surface area contributed by atoms with Gasteiger partial charge in [0.05, 0.1) is 6.42 Å². The zero-order chi connectivity index (χ0) is 15.1. The summed E-state index contributed by atoms with van der Waals surface area (Å²) in [5, 5.41) is 12.3. The lowest BCUT2D eigenvalue weighted by atomic mass is 10.0. The summed E-state index contributed by atoms with van der Waals surface area (Å²) in [7, 11) is 0. The number of halogens is 1. The van der Waals surface area contributed by atoms with E-state index in [2.05, 4.69) is 5.32 Å². The van der Waals surface area contributed by atoms with E-state index in [1.165, 1.54) is 12.1 Å². The first-order valence-corrected chi connectivity index (χ1v) is 6.87. The molecule has 0 radical (unpaired) electrons. The molecule has 21 heavy (non-hydrogen) atoms. The van der Waals surface area contributed by atoms with Crippen molar-refractivity contribution in [1.82, 2.24) is 5.32 Å². The van der Waals surface area contributed by atoms with Gasteiger partial charge in [-0.3, -0.25) is 4.79 Å². The summed E-state index contributed by atoms with van der Waals surface area (Å²) in [6, 6.07) is 15.8. The van der Waals surface area contributed by atoms with Crippen LogP contribution in [0.2, 0.25) is 0 Å². The predicted molar refractivity (Wildman–Crippen MR) is 79.4 cm³/mol. The van der Waals surface area contributed by atoms with Gasteiger partial charge >= 0.3 is 5.97 Å². The van der Waals surface area contributed by atoms with Crippen molar-refractivity contribution in [3.05, 3.63) is 71.5 Å². The van der Waals surface area contributed by atoms with Gasteiger partial charge in [0.15, 0.2) is 0 Å². The number of benzene rings is 2. The van der Waals surface area contributed by atoms with E-state index in [-0.39, 0.29) is 18.3 Å². The fraction of sp³-hybridized carbons (Fsp3) is 0.235. The molecular formula is C17H18FNO2. The molecule has 0 bridgehead atoms. The van der Waals surface area contributed by atoms with Crippen LogP contribution in [0.1, 0.15) is 17.5 Å². The number of aliphatic carboxylic acids is 1. The van der Waals surface area contributed by atoms with Crippen molar-refractivity contribution >= 4 is 5.97 Å². The molecule has 0 aliphatic carbocycles. The van der Waals surface area contributed by atoms with Gasteiger partial charge in [-0.05, 0) is 29.7 Å². The summed E-state index contributed by atoms with van der Waals surface area (Å²) in [6.07, 6.45) is 0.587. The molecule has 0 amide bonds. The molecule has 110 valence electrons. The molecule has 0 aromatic heterocycles. The van der Waals surface area contributed by atoms with E-state index in [9.17, 15) is 9.18 Å². The number of hydrogen-bond acceptors (Lipinski definition) is 2. The van der Waals surface area contributed by atoms with Crippen LogP contribution < -0.4 is 5.32 Å². The Morgan fingerprint density at radius 1 is 1.05 bits per heavy atom. The van der Waals surface area contributed by atoms with Crippen molar-refractivity contribution in [1.29, 1.82) is 0 Å². The van der Waals surface area contributed by atoms with Crippen molar-refractivity contribution in [2.24, 2.45) is 0 Å². The molecule has 0 aliphatic rings. The van der Waals surface area contributed by atoms with Gasteiger partial charge in [-0.1, -0.05) is 42.5 Å². The van der Waals surface area contributed by atoms with Crippen LogP contribution in [0.15, 0.2) is 54.6 Å². The topological polar surface area (TPSA) is 49.3 Å². The lowest BCUT2D eigenvalue weighted by Gasteiger charge is -2.17. The molecule has 0 heterocycles. The van der Waals surface area contributed by atoms with Crippen molar-refractivity contribution in [2.75, 3.05) is 0 Å². The molecule has 2 N–H and O–H groups in total. The number of carboxylic acids is 1. The third-order valence-corrected chi connectivity index (χ3v) is 3.25. The van der Waals surface area contributed by atoms with Gasteiger partial charge in [0.25, 0.3) is 0 Å². The highest BCUT2D eigenvalue weighted by molar-refractivity contribution is 5.67. The molecule has 0 spiro atoms. The van der Waals surface area contributed by atoms with Gasteiger partial charge in [0, 0.05) is 12.6 Å². The molecule has 0 aliphatic heterocycles. The quantitative estimate of drug-likeness (QED) is 0.823. The maximum Gasteiger partial charge on any atom is 0.304 e. The Hall–Kier alpha value is -2.20. The van der Waals surface area contributed by atoms with Crippen LogP contribution in [0, 0.1) is 5.82 Å². The summed E-state index contributed by atoms with van der Waals surface area (Å²) in [5.41, 5.74) is 2.02. The number of nitrogens with one attached hydrogen (secondary N) is 1. The van der Waals surface area contributed by atoms with E-state index in [4.69, 9.17) is 5.11 Å². The molecule has 4 heteroatoms. The van der Waals surface area contributed by atoms with Crippen LogP contribution in [0.3, 0.4) is 0 Å². The van der Waals surface area contributed by atoms with Crippen LogP contribution in [-0.2, 0) is 17.8 Å². The molecule has 2 rings (SSSR count).